The summed E-state index contributed by atoms with van der Waals surface area (Å²) in [5, 5.41) is 1.63. The third kappa shape index (κ3) is 2.84. The first-order valence-corrected chi connectivity index (χ1v) is 8.22. The fourth-order valence-electron chi connectivity index (χ4n) is 2.54. The second-order valence-electron chi connectivity index (χ2n) is 5.05. The van der Waals surface area contributed by atoms with E-state index in [4.69, 9.17) is 28.9 Å². The van der Waals surface area contributed by atoms with Gasteiger partial charge in [0.2, 0.25) is 0 Å². The van der Waals surface area contributed by atoms with Crippen LogP contribution in [0.3, 0.4) is 0 Å². The number of halogens is 2. The molecule has 0 saturated carbocycles. The molecule has 1 aliphatic rings. The molecule has 0 amide bonds. The first-order valence-electron chi connectivity index (χ1n) is 6.58. The van der Waals surface area contributed by atoms with Crippen molar-refractivity contribution in [2.75, 3.05) is 0 Å². The van der Waals surface area contributed by atoms with E-state index in [2.05, 4.69) is 24.3 Å². The van der Waals surface area contributed by atoms with Gasteiger partial charge in [-0.2, -0.15) is 0 Å². The highest BCUT2D eigenvalue weighted by Gasteiger charge is 2.27. The molecule has 0 bridgehead atoms. The highest BCUT2D eigenvalue weighted by Crippen LogP contribution is 2.39. The number of hydrogen-bond acceptors (Lipinski definition) is 2. The Morgan fingerprint density at radius 3 is 2.75 bits per heavy atom. The molecule has 0 spiro atoms. The normalized spacial score (nSPS) is 18.9. The van der Waals surface area contributed by atoms with Crippen molar-refractivity contribution in [3.63, 3.8) is 0 Å². The second-order valence-corrected chi connectivity index (χ2v) is 7.12. The Morgan fingerprint density at radius 2 is 1.95 bits per heavy atom. The van der Waals surface area contributed by atoms with Gasteiger partial charge in [-0.05, 0) is 36.1 Å². The van der Waals surface area contributed by atoms with E-state index < -0.39 is 0 Å². The maximum atomic E-state index is 6.39. The first kappa shape index (κ1) is 14.3. The molecule has 20 heavy (non-hydrogen) atoms. The molecule has 2 N–H and O–H groups in total. The van der Waals surface area contributed by atoms with Gasteiger partial charge < -0.3 is 5.73 Å². The minimum absolute atomic E-state index is 0.0726. The summed E-state index contributed by atoms with van der Waals surface area (Å²) in [5.74, 6) is 0. The topological polar surface area (TPSA) is 26.0 Å². The lowest BCUT2D eigenvalue weighted by atomic mass is 9.99. The molecule has 4 heteroatoms. The SMILES string of the molecule is NC(Cc1cccc(Cl)c1Cl)C1Cc2ccccc2S1. The molecule has 2 aromatic rings. The van der Waals surface area contributed by atoms with Gasteiger partial charge in [0.15, 0.2) is 0 Å². The Hall–Kier alpha value is -0.670. The summed E-state index contributed by atoms with van der Waals surface area (Å²) >= 11 is 14.2. The lowest BCUT2D eigenvalue weighted by Gasteiger charge is -2.19. The van der Waals surface area contributed by atoms with Gasteiger partial charge in [-0.1, -0.05) is 53.5 Å². The zero-order valence-corrected chi connectivity index (χ0v) is 13.2. The quantitative estimate of drug-likeness (QED) is 0.894. The average molecular weight is 324 g/mol. The highest BCUT2D eigenvalue weighted by atomic mass is 35.5. The molecular weight excluding hydrogens is 309 g/mol. The van der Waals surface area contributed by atoms with E-state index in [9.17, 15) is 0 Å². The van der Waals surface area contributed by atoms with Crippen molar-refractivity contribution in [1.29, 1.82) is 0 Å². The first-order chi connectivity index (χ1) is 9.65. The largest absolute Gasteiger partial charge is 0.326 e. The molecule has 1 heterocycles. The van der Waals surface area contributed by atoms with Crippen LogP contribution in [-0.2, 0) is 12.8 Å². The van der Waals surface area contributed by atoms with Gasteiger partial charge in [0.05, 0.1) is 10.0 Å². The molecule has 3 rings (SSSR count). The molecule has 2 atom stereocenters. The summed E-state index contributed by atoms with van der Waals surface area (Å²) < 4.78 is 0. The van der Waals surface area contributed by atoms with Crippen LogP contribution in [0.2, 0.25) is 10.0 Å². The molecule has 0 saturated heterocycles. The molecule has 0 aromatic heterocycles. The number of benzene rings is 2. The molecule has 104 valence electrons. The summed E-state index contributed by atoms with van der Waals surface area (Å²) in [6.07, 6.45) is 1.78. The maximum absolute atomic E-state index is 6.39. The zero-order valence-electron chi connectivity index (χ0n) is 10.9. The van der Waals surface area contributed by atoms with E-state index in [0.29, 0.717) is 15.3 Å². The van der Waals surface area contributed by atoms with Gasteiger partial charge in [-0.3, -0.25) is 0 Å². The lowest BCUT2D eigenvalue weighted by molar-refractivity contribution is 0.633. The van der Waals surface area contributed by atoms with E-state index in [1.54, 1.807) is 6.07 Å². The van der Waals surface area contributed by atoms with Crippen LogP contribution >= 0.6 is 35.0 Å². The van der Waals surface area contributed by atoms with Crippen molar-refractivity contribution in [1.82, 2.24) is 0 Å². The van der Waals surface area contributed by atoms with Crippen LogP contribution in [0.25, 0.3) is 0 Å². The summed E-state index contributed by atoms with van der Waals surface area (Å²) in [6, 6.07) is 14.3. The summed E-state index contributed by atoms with van der Waals surface area (Å²) in [7, 11) is 0. The Kier molecular flexibility index (Phi) is 4.27. The van der Waals surface area contributed by atoms with E-state index in [0.717, 1.165) is 18.4 Å². The number of nitrogens with two attached hydrogens (primary N) is 1. The van der Waals surface area contributed by atoms with Crippen molar-refractivity contribution < 1.29 is 0 Å². The van der Waals surface area contributed by atoms with Gasteiger partial charge >= 0.3 is 0 Å². The van der Waals surface area contributed by atoms with Crippen molar-refractivity contribution >= 4 is 35.0 Å². The molecule has 1 nitrogen and oxygen atoms in total. The fourth-order valence-corrected chi connectivity index (χ4v) is 4.26. The van der Waals surface area contributed by atoms with Gasteiger partial charge in [0.25, 0.3) is 0 Å². The van der Waals surface area contributed by atoms with Crippen molar-refractivity contribution in [2.45, 2.75) is 29.0 Å². The van der Waals surface area contributed by atoms with Crippen LogP contribution in [0.1, 0.15) is 11.1 Å². The molecule has 2 aromatic carbocycles. The Morgan fingerprint density at radius 1 is 1.15 bits per heavy atom. The molecule has 0 fully saturated rings. The average Bonchev–Trinajstić information content (AvgIpc) is 2.88. The Bertz CT molecular complexity index is 605. The fraction of sp³-hybridized carbons (Fsp3) is 0.250. The number of thioether (sulfide) groups is 1. The third-order valence-electron chi connectivity index (χ3n) is 3.64. The molecule has 2 unspecified atom stereocenters. The zero-order chi connectivity index (χ0) is 14.1. The Balaban J connectivity index is 1.72. The molecule has 0 radical (unpaired) electrons. The molecule has 0 aliphatic carbocycles. The van der Waals surface area contributed by atoms with E-state index in [-0.39, 0.29) is 6.04 Å². The Labute approximate surface area is 133 Å². The van der Waals surface area contributed by atoms with Crippen LogP contribution in [-0.4, -0.2) is 11.3 Å². The number of hydrogen-bond donors (Lipinski definition) is 1. The monoisotopic (exact) mass is 323 g/mol. The van der Waals surface area contributed by atoms with Crippen molar-refractivity contribution in [3.8, 4) is 0 Å². The predicted octanol–water partition coefficient (Wildman–Crippen LogP) is 4.58. The summed E-state index contributed by atoms with van der Waals surface area (Å²) in [6.45, 7) is 0. The summed E-state index contributed by atoms with van der Waals surface area (Å²) in [4.78, 5) is 1.35. The van der Waals surface area contributed by atoms with Crippen LogP contribution in [0.4, 0.5) is 0 Å². The van der Waals surface area contributed by atoms with Gasteiger partial charge in [0.1, 0.15) is 0 Å². The lowest BCUT2D eigenvalue weighted by Crippen LogP contribution is -2.34. The standard InChI is InChI=1S/C16H15Cl2NS/c17-12-6-3-5-11(16(12)18)8-13(19)15-9-10-4-1-2-7-14(10)20-15/h1-7,13,15H,8-9,19H2. The van der Waals surface area contributed by atoms with Crippen LogP contribution < -0.4 is 5.73 Å². The molecular formula is C16H15Cl2NS. The van der Waals surface area contributed by atoms with E-state index >= 15 is 0 Å². The van der Waals surface area contributed by atoms with Crippen LogP contribution in [0.15, 0.2) is 47.4 Å². The van der Waals surface area contributed by atoms with E-state index in [1.807, 2.05) is 23.9 Å². The maximum Gasteiger partial charge on any atom is 0.0624 e. The van der Waals surface area contributed by atoms with Crippen LogP contribution in [0.5, 0.6) is 0 Å². The van der Waals surface area contributed by atoms with Gasteiger partial charge in [-0.25, -0.2) is 0 Å². The third-order valence-corrected chi connectivity index (χ3v) is 5.97. The predicted molar refractivity (Wildman–Crippen MR) is 87.9 cm³/mol. The minimum Gasteiger partial charge on any atom is -0.326 e. The highest BCUT2D eigenvalue weighted by molar-refractivity contribution is 8.00. The summed E-state index contributed by atoms with van der Waals surface area (Å²) in [5.41, 5.74) is 8.82. The van der Waals surface area contributed by atoms with E-state index in [1.165, 1.54) is 10.5 Å². The van der Waals surface area contributed by atoms with Crippen molar-refractivity contribution in [3.05, 3.63) is 63.6 Å². The smallest absolute Gasteiger partial charge is 0.0624 e. The second kappa shape index (κ2) is 5.98. The number of rotatable bonds is 3. The van der Waals surface area contributed by atoms with Crippen LogP contribution in [0, 0.1) is 0 Å². The number of fused-ring (bicyclic) bond motifs is 1. The van der Waals surface area contributed by atoms with Gasteiger partial charge in [0, 0.05) is 16.2 Å². The van der Waals surface area contributed by atoms with Gasteiger partial charge in [-0.15, -0.1) is 11.8 Å². The molecule has 1 aliphatic heterocycles. The van der Waals surface area contributed by atoms with Crippen molar-refractivity contribution in [2.24, 2.45) is 5.73 Å². The minimum atomic E-state index is 0.0726.